The monoisotopic (exact) mass is 265 g/mol. The number of aromatic nitrogens is 2. The molecule has 0 aliphatic rings. The summed E-state index contributed by atoms with van der Waals surface area (Å²) < 4.78 is 5.09. The Hall–Kier alpha value is -1.69. The molecule has 1 N–H and O–H groups in total. The van der Waals surface area contributed by atoms with Crippen LogP contribution in [0.15, 0.2) is 16.7 Å². The average molecular weight is 265 g/mol. The minimum Gasteiger partial charge on any atom is -0.469 e. The highest BCUT2D eigenvalue weighted by molar-refractivity contribution is 7.15. The van der Waals surface area contributed by atoms with Crippen LogP contribution in [0.5, 0.6) is 0 Å². The Morgan fingerprint density at radius 1 is 1.50 bits per heavy atom. The van der Waals surface area contributed by atoms with E-state index in [0.29, 0.717) is 16.5 Å². The van der Waals surface area contributed by atoms with Crippen LogP contribution in [0.3, 0.4) is 0 Å². The van der Waals surface area contributed by atoms with E-state index in [1.165, 1.54) is 17.6 Å². The lowest BCUT2D eigenvalue weighted by Crippen LogP contribution is -2.11. The fraction of sp³-hybridized carbons (Fsp3) is 0.417. The van der Waals surface area contributed by atoms with Crippen molar-refractivity contribution in [1.29, 1.82) is 0 Å². The molecule has 2 heterocycles. The van der Waals surface area contributed by atoms with Crippen molar-refractivity contribution in [3.63, 3.8) is 0 Å². The summed E-state index contributed by atoms with van der Waals surface area (Å²) >= 11 is 1.42. The Kier molecular flexibility index (Phi) is 4.09. The highest BCUT2D eigenvalue weighted by atomic mass is 32.1. The van der Waals surface area contributed by atoms with Crippen molar-refractivity contribution in [3.8, 4) is 0 Å². The second-order valence-corrected chi connectivity index (χ2v) is 5.01. The van der Waals surface area contributed by atoms with Gasteiger partial charge in [0.25, 0.3) is 5.91 Å². The zero-order chi connectivity index (χ0) is 13.0. The third kappa shape index (κ3) is 2.95. The minimum absolute atomic E-state index is 0.209. The summed E-state index contributed by atoms with van der Waals surface area (Å²) in [6.45, 7) is 3.88. The molecule has 96 valence electrons. The zero-order valence-corrected chi connectivity index (χ0v) is 11.2. The van der Waals surface area contributed by atoms with Crippen LogP contribution < -0.4 is 5.32 Å². The summed E-state index contributed by atoms with van der Waals surface area (Å²) in [6.07, 6.45) is 4.62. The first-order chi connectivity index (χ1) is 8.70. The molecule has 0 unspecified atom stereocenters. The van der Waals surface area contributed by atoms with E-state index >= 15 is 0 Å². The van der Waals surface area contributed by atoms with Gasteiger partial charge in [0.2, 0.25) is 5.13 Å². The van der Waals surface area contributed by atoms with E-state index in [1.54, 1.807) is 13.0 Å². The van der Waals surface area contributed by atoms with Crippen LogP contribution in [-0.4, -0.2) is 16.1 Å². The summed E-state index contributed by atoms with van der Waals surface area (Å²) in [5, 5.41) is 12.2. The van der Waals surface area contributed by atoms with Crippen molar-refractivity contribution < 1.29 is 9.21 Å². The van der Waals surface area contributed by atoms with Crippen LogP contribution in [0.25, 0.3) is 0 Å². The number of aryl methyl sites for hydroxylation is 2. The molecular weight excluding hydrogens is 250 g/mol. The molecule has 0 spiro atoms. The molecule has 0 saturated carbocycles. The lowest BCUT2D eigenvalue weighted by Gasteiger charge is -1.98. The molecule has 5 nitrogen and oxygen atoms in total. The minimum atomic E-state index is -0.209. The molecule has 2 aromatic rings. The third-order valence-corrected chi connectivity index (χ3v) is 3.43. The van der Waals surface area contributed by atoms with E-state index in [2.05, 4.69) is 22.4 Å². The maximum atomic E-state index is 11.9. The van der Waals surface area contributed by atoms with Crippen molar-refractivity contribution in [2.45, 2.75) is 33.1 Å². The van der Waals surface area contributed by atoms with Crippen LogP contribution in [0, 0.1) is 6.92 Å². The topological polar surface area (TPSA) is 68.0 Å². The van der Waals surface area contributed by atoms with Crippen LogP contribution >= 0.6 is 11.3 Å². The van der Waals surface area contributed by atoms with Crippen molar-refractivity contribution in [3.05, 3.63) is 28.7 Å². The van der Waals surface area contributed by atoms with Crippen molar-refractivity contribution >= 4 is 22.4 Å². The smallest absolute Gasteiger partial charge is 0.261 e. The van der Waals surface area contributed by atoms with E-state index < -0.39 is 0 Å². The number of amides is 1. The summed E-state index contributed by atoms with van der Waals surface area (Å²) in [6, 6.07) is 1.64. The summed E-state index contributed by atoms with van der Waals surface area (Å²) in [7, 11) is 0. The van der Waals surface area contributed by atoms with Gasteiger partial charge in [-0.05, 0) is 19.4 Å². The van der Waals surface area contributed by atoms with Crippen LogP contribution in [0.4, 0.5) is 5.13 Å². The number of carbonyl (C=O) groups is 1. The Labute approximate surface area is 109 Å². The van der Waals surface area contributed by atoms with Crippen molar-refractivity contribution in [1.82, 2.24) is 10.2 Å². The summed E-state index contributed by atoms with van der Waals surface area (Å²) in [5.41, 5.74) is 0.528. The second-order valence-electron chi connectivity index (χ2n) is 3.95. The van der Waals surface area contributed by atoms with E-state index in [1.807, 2.05) is 0 Å². The number of nitrogens with zero attached hydrogens (tertiary/aromatic N) is 2. The molecular formula is C12H15N3O2S. The number of hydrogen-bond acceptors (Lipinski definition) is 5. The van der Waals surface area contributed by atoms with Gasteiger partial charge in [0, 0.05) is 6.42 Å². The van der Waals surface area contributed by atoms with Gasteiger partial charge in [0.1, 0.15) is 10.8 Å². The van der Waals surface area contributed by atoms with E-state index in [-0.39, 0.29) is 5.91 Å². The zero-order valence-electron chi connectivity index (χ0n) is 10.4. The van der Waals surface area contributed by atoms with Crippen LogP contribution in [0.1, 0.15) is 40.9 Å². The molecule has 2 aromatic heterocycles. The number of nitrogens with one attached hydrogen (secondary N) is 1. The number of unbranched alkanes of at least 4 members (excludes halogenated alkanes) is 1. The number of furan rings is 1. The molecule has 0 aliphatic heterocycles. The molecule has 0 aliphatic carbocycles. The first kappa shape index (κ1) is 12.8. The molecule has 0 radical (unpaired) electrons. The highest BCUT2D eigenvalue weighted by Gasteiger charge is 2.13. The van der Waals surface area contributed by atoms with Gasteiger partial charge in [-0.3, -0.25) is 10.1 Å². The van der Waals surface area contributed by atoms with Crippen molar-refractivity contribution in [2.75, 3.05) is 5.32 Å². The number of hydrogen-bond donors (Lipinski definition) is 1. The van der Waals surface area contributed by atoms with Gasteiger partial charge < -0.3 is 4.42 Å². The van der Waals surface area contributed by atoms with Gasteiger partial charge >= 0.3 is 0 Å². The Morgan fingerprint density at radius 3 is 3.00 bits per heavy atom. The lowest BCUT2D eigenvalue weighted by molar-refractivity contribution is 0.102. The predicted molar refractivity (Wildman–Crippen MR) is 69.9 cm³/mol. The Balaban J connectivity index is 1.99. The third-order valence-electron chi connectivity index (χ3n) is 2.53. The molecule has 0 bridgehead atoms. The highest BCUT2D eigenvalue weighted by Crippen LogP contribution is 2.19. The maximum absolute atomic E-state index is 11.9. The molecule has 18 heavy (non-hydrogen) atoms. The van der Waals surface area contributed by atoms with Gasteiger partial charge in [0.05, 0.1) is 11.8 Å². The van der Waals surface area contributed by atoms with E-state index in [9.17, 15) is 4.79 Å². The predicted octanol–water partition coefficient (Wildman–Crippen LogP) is 3.03. The van der Waals surface area contributed by atoms with Gasteiger partial charge in [-0.25, -0.2) is 0 Å². The summed E-state index contributed by atoms with van der Waals surface area (Å²) in [4.78, 5) is 11.9. The number of anilines is 1. The van der Waals surface area contributed by atoms with E-state index in [4.69, 9.17) is 4.42 Å². The molecule has 2 rings (SSSR count). The summed E-state index contributed by atoms with van der Waals surface area (Å²) in [5.74, 6) is 0.391. The van der Waals surface area contributed by atoms with Gasteiger partial charge in [-0.15, -0.1) is 10.2 Å². The molecule has 0 saturated heterocycles. The first-order valence-corrected chi connectivity index (χ1v) is 6.70. The van der Waals surface area contributed by atoms with Crippen LogP contribution in [0.2, 0.25) is 0 Å². The normalized spacial score (nSPS) is 10.6. The second kappa shape index (κ2) is 5.77. The van der Waals surface area contributed by atoms with Gasteiger partial charge in [-0.2, -0.15) is 0 Å². The first-order valence-electron chi connectivity index (χ1n) is 5.88. The van der Waals surface area contributed by atoms with Gasteiger partial charge in [0.15, 0.2) is 0 Å². The molecule has 0 aromatic carbocycles. The number of rotatable bonds is 5. The Morgan fingerprint density at radius 2 is 2.33 bits per heavy atom. The fourth-order valence-corrected chi connectivity index (χ4v) is 2.29. The quantitative estimate of drug-likeness (QED) is 0.902. The number of carbonyl (C=O) groups excluding carboxylic acids is 1. The van der Waals surface area contributed by atoms with E-state index in [0.717, 1.165) is 24.3 Å². The SMILES string of the molecule is CCCCc1nnc(NC(=O)c2ccoc2C)s1. The molecule has 1 amide bonds. The van der Waals surface area contributed by atoms with Gasteiger partial charge in [-0.1, -0.05) is 24.7 Å². The fourth-order valence-electron chi connectivity index (χ4n) is 1.52. The largest absolute Gasteiger partial charge is 0.469 e. The standard InChI is InChI=1S/C12H15N3O2S/c1-3-4-5-10-14-15-12(18-10)13-11(16)9-6-7-17-8(9)2/h6-7H,3-5H2,1-2H3,(H,13,15,16). The lowest BCUT2D eigenvalue weighted by atomic mass is 10.2. The molecule has 0 atom stereocenters. The maximum Gasteiger partial charge on any atom is 0.261 e. The van der Waals surface area contributed by atoms with Crippen LogP contribution in [-0.2, 0) is 6.42 Å². The molecule has 0 fully saturated rings. The average Bonchev–Trinajstić information content (AvgIpc) is 2.95. The van der Waals surface area contributed by atoms with Crippen molar-refractivity contribution in [2.24, 2.45) is 0 Å². The molecule has 6 heteroatoms. The Bertz CT molecular complexity index is 533.